The molecule has 0 aliphatic heterocycles. The smallest absolute Gasteiger partial charge is 0.416 e. The molecule has 6 heteroatoms. The zero-order chi connectivity index (χ0) is 12.6. The lowest BCUT2D eigenvalue weighted by molar-refractivity contribution is -0.137. The summed E-state index contributed by atoms with van der Waals surface area (Å²) in [7, 11) is 0. The molecule has 0 radical (unpaired) electrons. The fraction of sp³-hybridized carbons (Fsp3) is 0.182. The normalized spacial score (nSPS) is 11.8. The molecule has 0 aliphatic rings. The molecule has 0 atom stereocenters. The van der Waals surface area contributed by atoms with Gasteiger partial charge in [-0.25, -0.2) is 4.98 Å². The van der Waals surface area contributed by atoms with Crippen LogP contribution in [-0.4, -0.2) is 4.98 Å². The Morgan fingerprint density at radius 3 is 2.18 bits per heavy atom. The summed E-state index contributed by atoms with van der Waals surface area (Å²) >= 11 is 2.01. The lowest BCUT2D eigenvalue weighted by Crippen LogP contribution is -2.03. The minimum Gasteiger partial charge on any atom is -0.440 e. The van der Waals surface area contributed by atoms with Gasteiger partial charge in [0.2, 0.25) is 5.89 Å². The number of nitrogens with zero attached hydrogens (tertiary/aromatic N) is 1. The van der Waals surface area contributed by atoms with Gasteiger partial charge in [-0.3, -0.25) is 0 Å². The van der Waals surface area contributed by atoms with Crippen molar-refractivity contribution >= 4 is 22.6 Å². The minimum absolute atomic E-state index is 0.334. The van der Waals surface area contributed by atoms with Crippen molar-refractivity contribution in [3.8, 4) is 11.5 Å². The fourth-order valence-electron chi connectivity index (χ4n) is 1.30. The highest BCUT2D eigenvalue weighted by Gasteiger charge is 2.30. The first-order valence-electron chi connectivity index (χ1n) is 4.68. The molecule has 0 N–H and O–H groups in total. The number of hydrogen-bond donors (Lipinski definition) is 0. The number of alkyl halides is 3. The molecule has 0 bridgehead atoms. The monoisotopic (exact) mass is 353 g/mol. The quantitative estimate of drug-likeness (QED) is 0.716. The third-order valence-electron chi connectivity index (χ3n) is 2.20. The van der Waals surface area contributed by atoms with Crippen LogP contribution in [0, 0.1) is 10.6 Å². The van der Waals surface area contributed by atoms with Gasteiger partial charge in [0.05, 0.1) is 5.56 Å². The van der Waals surface area contributed by atoms with Crippen LogP contribution in [0.4, 0.5) is 13.2 Å². The van der Waals surface area contributed by atoms with E-state index in [2.05, 4.69) is 4.98 Å². The van der Waals surface area contributed by atoms with E-state index in [9.17, 15) is 13.2 Å². The first-order valence-corrected chi connectivity index (χ1v) is 5.76. The van der Waals surface area contributed by atoms with E-state index in [-0.39, 0.29) is 0 Å². The van der Waals surface area contributed by atoms with Crippen LogP contribution in [0.15, 0.2) is 28.7 Å². The van der Waals surface area contributed by atoms with Crippen LogP contribution in [-0.2, 0) is 6.18 Å². The first kappa shape index (κ1) is 12.4. The van der Waals surface area contributed by atoms with Crippen molar-refractivity contribution in [3.63, 3.8) is 0 Å². The summed E-state index contributed by atoms with van der Waals surface area (Å²) < 4.78 is 43.1. The van der Waals surface area contributed by atoms with Gasteiger partial charge in [0.25, 0.3) is 0 Å². The maximum atomic E-state index is 12.3. The number of aryl methyl sites for hydroxylation is 1. The van der Waals surface area contributed by atoms with Crippen LogP contribution in [0.25, 0.3) is 11.5 Å². The second-order valence-corrected chi connectivity index (χ2v) is 4.46. The van der Waals surface area contributed by atoms with Gasteiger partial charge in [0, 0.05) is 5.56 Å². The van der Waals surface area contributed by atoms with Crippen molar-refractivity contribution < 1.29 is 17.6 Å². The van der Waals surface area contributed by atoms with E-state index in [0.717, 1.165) is 12.1 Å². The number of aromatic nitrogens is 1. The molecule has 0 unspecified atom stereocenters. The number of rotatable bonds is 1. The third kappa shape index (κ3) is 2.62. The number of benzene rings is 1. The highest BCUT2D eigenvalue weighted by molar-refractivity contribution is 14.1. The maximum absolute atomic E-state index is 12.3. The van der Waals surface area contributed by atoms with E-state index >= 15 is 0 Å². The summed E-state index contributed by atoms with van der Waals surface area (Å²) in [6.45, 7) is 1.75. The first-order chi connectivity index (χ1) is 7.88. The van der Waals surface area contributed by atoms with Crippen LogP contribution < -0.4 is 0 Å². The predicted octanol–water partition coefficient (Wildman–Crippen LogP) is 4.27. The molecule has 2 aromatic rings. The van der Waals surface area contributed by atoms with Crippen molar-refractivity contribution in [1.82, 2.24) is 4.98 Å². The van der Waals surface area contributed by atoms with E-state index in [1.165, 1.54) is 12.1 Å². The minimum atomic E-state index is -4.32. The Labute approximate surface area is 109 Å². The summed E-state index contributed by atoms with van der Waals surface area (Å²) in [6, 6.07) is 4.73. The van der Waals surface area contributed by atoms with Crippen LogP contribution in [0.2, 0.25) is 0 Å². The number of oxazole rings is 1. The molecule has 0 saturated carbocycles. The highest BCUT2D eigenvalue weighted by Crippen LogP contribution is 2.31. The third-order valence-corrected chi connectivity index (χ3v) is 3.20. The fourth-order valence-corrected chi connectivity index (χ4v) is 1.63. The van der Waals surface area contributed by atoms with Gasteiger partial charge >= 0.3 is 6.18 Å². The van der Waals surface area contributed by atoms with Crippen molar-refractivity contribution in [2.45, 2.75) is 13.1 Å². The van der Waals surface area contributed by atoms with E-state index in [1.807, 2.05) is 22.6 Å². The molecule has 90 valence electrons. The maximum Gasteiger partial charge on any atom is 0.416 e. The second kappa shape index (κ2) is 4.32. The standard InChI is InChI=1S/C11H7F3INO/c1-6-9(15)16-10(17-6)7-2-4-8(5-3-7)11(12,13)14/h2-5H,1H3. The Hall–Kier alpha value is -1.05. The molecule has 1 aromatic carbocycles. The van der Waals surface area contributed by atoms with Crippen LogP contribution >= 0.6 is 22.6 Å². The van der Waals surface area contributed by atoms with Crippen molar-refractivity contribution in [3.05, 3.63) is 39.3 Å². The van der Waals surface area contributed by atoms with Gasteiger partial charge in [-0.05, 0) is 53.8 Å². The lowest BCUT2D eigenvalue weighted by Gasteiger charge is -2.05. The molecule has 0 spiro atoms. The zero-order valence-corrected chi connectivity index (χ0v) is 10.8. The van der Waals surface area contributed by atoms with E-state index < -0.39 is 11.7 Å². The summed E-state index contributed by atoms with van der Waals surface area (Å²) in [5, 5.41) is 0. The van der Waals surface area contributed by atoms with Crippen molar-refractivity contribution in [1.29, 1.82) is 0 Å². The summed E-state index contributed by atoms with van der Waals surface area (Å²) in [5.41, 5.74) is -0.150. The number of halogens is 4. The summed E-state index contributed by atoms with van der Waals surface area (Å²) in [6.07, 6.45) is -4.32. The highest BCUT2D eigenvalue weighted by atomic mass is 127. The average Bonchev–Trinajstić information content (AvgIpc) is 2.58. The Bertz CT molecular complexity index is 511. The topological polar surface area (TPSA) is 26.0 Å². The van der Waals surface area contributed by atoms with Crippen LogP contribution in [0.1, 0.15) is 11.3 Å². The molecular formula is C11H7F3INO. The molecule has 0 aliphatic carbocycles. The Kier molecular flexibility index (Phi) is 3.15. The van der Waals surface area contributed by atoms with Gasteiger partial charge < -0.3 is 4.42 Å². The second-order valence-electron chi connectivity index (χ2n) is 3.44. The van der Waals surface area contributed by atoms with Gasteiger partial charge in [-0.1, -0.05) is 0 Å². The van der Waals surface area contributed by atoms with Crippen LogP contribution in [0.5, 0.6) is 0 Å². The molecule has 0 fully saturated rings. The van der Waals surface area contributed by atoms with Gasteiger partial charge in [-0.2, -0.15) is 13.2 Å². The Morgan fingerprint density at radius 1 is 1.18 bits per heavy atom. The number of hydrogen-bond acceptors (Lipinski definition) is 2. The van der Waals surface area contributed by atoms with Crippen molar-refractivity contribution in [2.75, 3.05) is 0 Å². The Balaban J connectivity index is 2.36. The molecular weight excluding hydrogens is 346 g/mol. The molecule has 0 amide bonds. The largest absolute Gasteiger partial charge is 0.440 e. The average molecular weight is 353 g/mol. The predicted molar refractivity (Wildman–Crippen MR) is 64.4 cm³/mol. The molecule has 1 aromatic heterocycles. The molecule has 2 nitrogen and oxygen atoms in total. The van der Waals surface area contributed by atoms with E-state index in [4.69, 9.17) is 4.42 Å². The molecule has 17 heavy (non-hydrogen) atoms. The summed E-state index contributed by atoms with van der Waals surface area (Å²) in [5.74, 6) is 0.987. The summed E-state index contributed by atoms with van der Waals surface area (Å²) in [4.78, 5) is 4.11. The van der Waals surface area contributed by atoms with Crippen LogP contribution in [0.3, 0.4) is 0 Å². The Morgan fingerprint density at radius 2 is 1.76 bits per heavy atom. The molecule has 2 rings (SSSR count). The van der Waals surface area contributed by atoms with E-state index in [1.54, 1.807) is 6.92 Å². The molecule has 1 heterocycles. The van der Waals surface area contributed by atoms with Gasteiger partial charge in [0.1, 0.15) is 9.46 Å². The van der Waals surface area contributed by atoms with Crippen molar-refractivity contribution in [2.24, 2.45) is 0 Å². The van der Waals surface area contributed by atoms with Gasteiger partial charge in [0.15, 0.2) is 0 Å². The SMILES string of the molecule is Cc1oc(-c2ccc(C(F)(F)F)cc2)nc1I. The van der Waals surface area contributed by atoms with E-state index in [0.29, 0.717) is 20.9 Å². The van der Waals surface area contributed by atoms with Gasteiger partial charge in [-0.15, -0.1) is 0 Å². The molecule has 0 saturated heterocycles. The zero-order valence-electron chi connectivity index (χ0n) is 8.68. The lowest BCUT2D eigenvalue weighted by atomic mass is 10.1.